The average Bonchev–Trinajstić information content (AvgIpc) is 2.16. The molecule has 1 unspecified atom stereocenters. The highest BCUT2D eigenvalue weighted by Crippen LogP contribution is 2.27. The molecule has 1 fully saturated rings. The van der Waals surface area contributed by atoms with Crippen molar-refractivity contribution in [1.29, 1.82) is 0 Å². The van der Waals surface area contributed by atoms with Crippen molar-refractivity contribution in [1.82, 2.24) is 4.90 Å². The number of carbonyl (C=O) groups is 2. The number of carbonyl (C=O) groups excluding carboxylic acids is 2. The van der Waals surface area contributed by atoms with E-state index in [1.807, 2.05) is 13.8 Å². The van der Waals surface area contributed by atoms with Crippen molar-refractivity contribution in [2.45, 2.75) is 32.2 Å². The fourth-order valence-electron chi connectivity index (χ4n) is 1.34. The summed E-state index contributed by atoms with van der Waals surface area (Å²) in [5, 5.41) is 0. The number of rotatable bonds is 1. The van der Waals surface area contributed by atoms with Crippen LogP contribution in [0.2, 0.25) is 0 Å². The van der Waals surface area contributed by atoms with Crippen molar-refractivity contribution in [3.63, 3.8) is 0 Å². The summed E-state index contributed by atoms with van der Waals surface area (Å²) in [6, 6.07) is 0. The first-order chi connectivity index (χ1) is 5.02. The molecule has 3 nitrogen and oxygen atoms in total. The zero-order chi connectivity index (χ0) is 8.65. The molecule has 0 radical (unpaired) electrons. The number of ketones is 1. The van der Waals surface area contributed by atoms with E-state index in [2.05, 4.69) is 0 Å². The van der Waals surface area contributed by atoms with E-state index in [-0.39, 0.29) is 18.1 Å². The van der Waals surface area contributed by atoms with Gasteiger partial charge in [-0.15, -0.1) is 0 Å². The summed E-state index contributed by atoms with van der Waals surface area (Å²) in [6.07, 6.45) is 0.787. The molecular formula is C8H13NO2. The van der Waals surface area contributed by atoms with Gasteiger partial charge in [0.2, 0.25) is 5.91 Å². The minimum atomic E-state index is -0.531. The van der Waals surface area contributed by atoms with Crippen LogP contribution in [0.1, 0.15) is 26.7 Å². The number of hydrogen-bond acceptors (Lipinski definition) is 2. The maximum absolute atomic E-state index is 11.3. The van der Waals surface area contributed by atoms with E-state index in [1.54, 1.807) is 11.9 Å². The summed E-state index contributed by atoms with van der Waals surface area (Å²) in [5.41, 5.74) is -0.531. The lowest BCUT2D eigenvalue weighted by atomic mass is 9.95. The standard InChI is InChI=1S/C8H13NO2/c1-4-8(2)6(10)5-7(11)9(8)3/h4-5H2,1-3H3. The van der Waals surface area contributed by atoms with Crippen molar-refractivity contribution < 1.29 is 9.59 Å². The molecule has 62 valence electrons. The monoisotopic (exact) mass is 155 g/mol. The van der Waals surface area contributed by atoms with Gasteiger partial charge in [-0.2, -0.15) is 0 Å². The van der Waals surface area contributed by atoms with E-state index in [0.717, 1.165) is 0 Å². The van der Waals surface area contributed by atoms with E-state index >= 15 is 0 Å². The van der Waals surface area contributed by atoms with Gasteiger partial charge >= 0.3 is 0 Å². The topological polar surface area (TPSA) is 37.4 Å². The molecule has 0 aliphatic carbocycles. The first-order valence-corrected chi connectivity index (χ1v) is 3.82. The Morgan fingerprint density at radius 1 is 1.55 bits per heavy atom. The molecule has 1 saturated heterocycles. The van der Waals surface area contributed by atoms with E-state index in [9.17, 15) is 9.59 Å². The molecule has 1 atom stereocenters. The van der Waals surface area contributed by atoms with E-state index < -0.39 is 5.54 Å². The molecule has 0 saturated carbocycles. The fourth-order valence-corrected chi connectivity index (χ4v) is 1.34. The minimum absolute atomic E-state index is 0.0486. The Balaban J connectivity index is 2.96. The third-order valence-corrected chi connectivity index (χ3v) is 2.72. The second kappa shape index (κ2) is 2.32. The lowest BCUT2D eigenvalue weighted by molar-refractivity contribution is -0.130. The third kappa shape index (κ3) is 0.951. The number of likely N-dealkylation sites (N-methyl/N-ethyl adjacent to an activating group) is 1. The summed E-state index contributed by atoms with van der Waals surface area (Å²) < 4.78 is 0. The highest BCUT2D eigenvalue weighted by atomic mass is 16.2. The summed E-state index contributed by atoms with van der Waals surface area (Å²) in [6.45, 7) is 3.74. The second-order valence-corrected chi connectivity index (χ2v) is 3.18. The van der Waals surface area contributed by atoms with Gasteiger partial charge in [-0.1, -0.05) is 6.92 Å². The number of nitrogens with zero attached hydrogens (tertiary/aromatic N) is 1. The third-order valence-electron chi connectivity index (χ3n) is 2.72. The molecule has 0 aromatic rings. The van der Waals surface area contributed by atoms with Crippen molar-refractivity contribution in [2.24, 2.45) is 0 Å². The zero-order valence-corrected chi connectivity index (χ0v) is 7.18. The molecule has 11 heavy (non-hydrogen) atoms. The van der Waals surface area contributed by atoms with E-state index in [0.29, 0.717) is 6.42 Å². The smallest absolute Gasteiger partial charge is 0.230 e. The molecule has 3 heteroatoms. The van der Waals surface area contributed by atoms with Gasteiger partial charge < -0.3 is 4.90 Å². The maximum Gasteiger partial charge on any atom is 0.230 e. The van der Waals surface area contributed by atoms with Crippen LogP contribution in [0.4, 0.5) is 0 Å². The van der Waals surface area contributed by atoms with Crippen molar-refractivity contribution >= 4 is 11.7 Å². The number of hydrogen-bond donors (Lipinski definition) is 0. The first-order valence-electron chi connectivity index (χ1n) is 3.82. The lowest BCUT2D eigenvalue weighted by Crippen LogP contribution is -2.43. The van der Waals surface area contributed by atoms with E-state index in [4.69, 9.17) is 0 Å². The predicted molar refractivity (Wildman–Crippen MR) is 41.1 cm³/mol. The van der Waals surface area contributed by atoms with Crippen LogP contribution in [0.15, 0.2) is 0 Å². The van der Waals surface area contributed by atoms with Crippen LogP contribution in [0, 0.1) is 0 Å². The predicted octanol–water partition coefficient (Wildman–Crippen LogP) is 0.586. The van der Waals surface area contributed by atoms with Gasteiger partial charge in [0, 0.05) is 7.05 Å². The summed E-state index contributed by atoms with van der Waals surface area (Å²) in [4.78, 5) is 23.9. The molecule has 0 aromatic heterocycles. The molecule has 0 aromatic carbocycles. The minimum Gasteiger partial charge on any atom is -0.333 e. The SMILES string of the molecule is CCC1(C)C(=O)CC(=O)N1C. The van der Waals surface area contributed by atoms with Gasteiger partial charge in [0.25, 0.3) is 0 Å². The molecule has 1 heterocycles. The fraction of sp³-hybridized carbons (Fsp3) is 0.750. The van der Waals surface area contributed by atoms with Crippen LogP contribution < -0.4 is 0 Å². The normalized spacial score (nSPS) is 31.7. The van der Waals surface area contributed by atoms with Gasteiger partial charge in [0.1, 0.15) is 0 Å². The van der Waals surface area contributed by atoms with Gasteiger partial charge in [-0.05, 0) is 13.3 Å². The van der Waals surface area contributed by atoms with Crippen LogP contribution in [0.25, 0.3) is 0 Å². The lowest BCUT2D eigenvalue weighted by Gasteiger charge is -2.28. The maximum atomic E-state index is 11.3. The Labute approximate surface area is 66.4 Å². The molecule has 1 amide bonds. The molecule has 1 rings (SSSR count). The van der Waals surface area contributed by atoms with Gasteiger partial charge in [-0.3, -0.25) is 9.59 Å². The molecule has 0 N–H and O–H groups in total. The summed E-state index contributed by atoms with van der Waals surface area (Å²) in [7, 11) is 1.69. The summed E-state index contributed by atoms with van der Waals surface area (Å²) >= 11 is 0. The first kappa shape index (κ1) is 8.24. The summed E-state index contributed by atoms with van der Waals surface area (Å²) in [5.74, 6) is -0.00755. The van der Waals surface area contributed by atoms with Crippen molar-refractivity contribution in [2.75, 3.05) is 7.05 Å². The van der Waals surface area contributed by atoms with Gasteiger partial charge in [0.15, 0.2) is 5.78 Å². The van der Waals surface area contributed by atoms with Crippen LogP contribution >= 0.6 is 0 Å². The van der Waals surface area contributed by atoms with Gasteiger partial charge in [0.05, 0.1) is 12.0 Å². The Hall–Kier alpha value is -0.860. The quantitative estimate of drug-likeness (QED) is 0.519. The van der Waals surface area contributed by atoms with Crippen molar-refractivity contribution in [3.8, 4) is 0 Å². The van der Waals surface area contributed by atoms with Crippen LogP contribution in [0.3, 0.4) is 0 Å². The van der Waals surface area contributed by atoms with Gasteiger partial charge in [-0.25, -0.2) is 0 Å². The van der Waals surface area contributed by atoms with Crippen LogP contribution in [-0.4, -0.2) is 29.2 Å². The number of amides is 1. The highest BCUT2D eigenvalue weighted by molar-refractivity contribution is 6.09. The zero-order valence-electron chi connectivity index (χ0n) is 7.18. The Kier molecular flexibility index (Phi) is 1.74. The van der Waals surface area contributed by atoms with Crippen LogP contribution in [0.5, 0.6) is 0 Å². The molecule has 0 bridgehead atoms. The molecule has 0 spiro atoms. The largest absolute Gasteiger partial charge is 0.333 e. The Bertz CT molecular complexity index is 212. The van der Waals surface area contributed by atoms with Crippen molar-refractivity contribution in [3.05, 3.63) is 0 Å². The second-order valence-electron chi connectivity index (χ2n) is 3.18. The Morgan fingerprint density at radius 3 is 2.27 bits per heavy atom. The molecule has 1 aliphatic heterocycles. The van der Waals surface area contributed by atoms with E-state index in [1.165, 1.54) is 0 Å². The number of Topliss-reactive ketones (excluding diaryl/α,β-unsaturated/α-hetero) is 1. The number of likely N-dealkylation sites (tertiary alicyclic amines) is 1. The Morgan fingerprint density at radius 2 is 2.09 bits per heavy atom. The van der Waals surface area contributed by atoms with Crippen LogP contribution in [-0.2, 0) is 9.59 Å². The molecular weight excluding hydrogens is 142 g/mol. The molecule has 1 aliphatic rings. The highest BCUT2D eigenvalue weighted by Gasteiger charge is 2.45. The average molecular weight is 155 g/mol.